The lowest BCUT2D eigenvalue weighted by atomic mass is 10.1. The molecule has 0 aliphatic heterocycles. The SMILES string of the molecule is Cc1ccccc1NC(C)c1cc(O)cc(O)c1. The molecule has 0 bridgehead atoms. The van der Waals surface area contributed by atoms with Crippen LogP contribution in [-0.4, -0.2) is 10.2 Å². The van der Waals surface area contributed by atoms with E-state index in [1.165, 1.54) is 6.07 Å². The van der Waals surface area contributed by atoms with Crippen molar-refractivity contribution >= 4 is 5.69 Å². The molecule has 94 valence electrons. The molecule has 3 N–H and O–H groups in total. The number of phenols is 2. The fourth-order valence-corrected chi connectivity index (χ4v) is 1.92. The summed E-state index contributed by atoms with van der Waals surface area (Å²) in [6.45, 7) is 4.02. The van der Waals surface area contributed by atoms with Crippen LogP contribution in [0.25, 0.3) is 0 Å². The number of hydrogen-bond donors (Lipinski definition) is 3. The molecule has 18 heavy (non-hydrogen) atoms. The molecule has 0 aromatic heterocycles. The number of phenolic OH excluding ortho intramolecular Hbond substituents is 2. The summed E-state index contributed by atoms with van der Waals surface area (Å²) in [5.74, 6) is 0.145. The molecule has 3 nitrogen and oxygen atoms in total. The molecule has 0 saturated heterocycles. The van der Waals surface area contributed by atoms with E-state index in [0.29, 0.717) is 0 Å². The van der Waals surface area contributed by atoms with Gasteiger partial charge in [0.25, 0.3) is 0 Å². The maximum Gasteiger partial charge on any atom is 0.119 e. The zero-order valence-corrected chi connectivity index (χ0v) is 10.5. The quantitative estimate of drug-likeness (QED) is 0.772. The molecule has 0 aliphatic carbocycles. The summed E-state index contributed by atoms with van der Waals surface area (Å²) in [6.07, 6.45) is 0. The molecule has 0 amide bonds. The fourth-order valence-electron chi connectivity index (χ4n) is 1.92. The number of anilines is 1. The largest absolute Gasteiger partial charge is 0.508 e. The van der Waals surface area contributed by atoms with E-state index in [0.717, 1.165) is 16.8 Å². The highest BCUT2D eigenvalue weighted by Gasteiger charge is 2.08. The Bertz CT molecular complexity index is 532. The van der Waals surface area contributed by atoms with E-state index in [9.17, 15) is 10.2 Å². The summed E-state index contributed by atoms with van der Waals surface area (Å²) in [6, 6.07) is 12.6. The first-order chi connectivity index (χ1) is 8.56. The molecule has 1 atom stereocenters. The molecule has 2 aromatic carbocycles. The van der Waals surface area contributed by atoms with E-state index in [4.69, 9.17) is 0 Å². The Balaban J connectivity index is 2.22. The Labute approximate surface area is 107 Å². The van der Waals surface area contributed by atoms with Gasteiger partial charge in [-0.3, -0.25) is 0 Å². The van der Waals surface area contributed by atoms with Gasteiger partial charge in [0.1, 0.15) is 11.5 Å². The topological polar surface area (TPSA) is 52.5 Å². The average molecular weight is 243 g/mol. The highest BCUT2D eigenvalue weighted by atomic mass is 16.3. The fraction of sp³-hybridized carbons (Fsp3) is 0.200. The first-order valence-corrected chi connectivity index (χ1v) is 5.91. The van der Waals surface area contributed by atoms with Crippen molar-refractivity contribution in [3.8, 4) is 11.5 Å². The Morgan fingerprint density at radius 2 is 1.61 bits per heavy atom. The predicted molar refractivity (Wildman–Crippen MR) is 73.0 cm³/mol. The molecule has 2 aromatic rings. The van der Waals surface area contributed by atoms with Gasteiger partial charge in [-0.2, -0.15) is 0 Å². The molecule has 0 saturated carbocycles. The van der Waals surface area contributed by atoms with Crippen LogP contribution < -0.4 is 5.32 Å². The van der Waals surface area contributed by atoms with E-state index in [2.05, 4.69) is 5.32 Å². The summed E-state index contributed by atoms with van der Waals surface area (Å²) in [5.41, 5.74) is 3.05. The molecule has 0 spiro atoms. The van der Waals surface area contributed by atoms with E-state index < -0.39 is 0 Å². The van der Waals surface area contributed by atoms with E-state index in [-0.39, 0.29) is 17.5 Å². The smallest absolute Gasteiger partial charge is 0.119 e. The third-order valence-corrected chi connectivity index (χ3v) is 2.94. The number of nitrogens with one attached hydrogen (secondary N) is 1. The molecule has 0 heterocycles. The standard InChI is InChI=1S/C15H17NO2/c1-10-5-3-4-6-15(10)16-11(2)12-7-13(17)9-14(18)8-12/h3-9,11,16-18H,1-2H3. The minimum absolute atomic E-state index is 0.00380. The van der Waals surface area contributed by atoms with Crippen LogP contribution in [0.1, 0.15) is 24.1 Å². The maximum atomic E-state index is 9.48. The van der Waals surface area contributed by atoms with Crippen molar-refractivity contribution < 1.29 is 10.2 Å². The number of rotatable bonds is 3. The van der Waals surface area contributed by atoms with Gasteiger partial charge in [0.2, 0.25) is 0 Å². The van der Waals surface area contributed by atoms with Crippen LogP contribution in [0.5, 0.6) is 11.5 Å². The average Bonchev–Trinajstić information content (AvgIpc) is 2.31. The van der Waals surface area contributed by atoms with E-state index in [1.807, 2.05) is 38.1 Å². The van der Waals surface area contributed by atoms with Gasteiger partial charge in [-0.05, 0) is 43.2 Å². The third kappa shape index (κ3) is 2.74. The first-order valence-electron chi connectivity index (χ1n) is 5.91. The van der Waals surface area contributed by atoms with Crippen molar-refractivity contribution in [2.45, 2.75) is 19.9 Å². The summed E-state index contributed by atoms with van der Waals surface area (Å²) >= 11 is 0. The molecular formula is C15H17NO2. The lowest BCUT2D eigenvalue weighted by Crippen LogP contribution is -2.07. The van der Waals surface area contributed by atoms with Crippen molar-refractivity contribution in [1.29, 1.82) is 0 Å². The monoisotopic (exact) mass is 243 g/mol. The Hall–Kier alpha value is -2.16. The predicted octanol–water partition coefficient (Wildman–Crippen LogP) is 3.58. The van der Waals surface area contributed by atoms with Crippen LogP contribution in [0.2, 0.25) is 0 Å². The lowest BCUT2D eigenvalue weighted by molar-refractivity contribution is 0.448. The second kappa shape index (κ2) is 5.00. The lowest BCUT2D eigenvalue weighted by Gasteiger charge is -2.17. The van der Waals surface area contributed by atoms with Crippen LogP contribution in [0.4, 0.5) is 5.69 Å². The molecule has 2 rings (SSSR count). The second-order valence-electron chi connectivity index (χ2n) is 4.46. The highest BCUT2D eigenvalue weighted by Crippen LogP contribution is 2.27. The zero-order chi connectivity index (χ0) is 13.1. The minimum atomic E-state index is 0.00380. The molecule has 1 unspecified atom stereocenters. The molecular weight excluding hydrogens is 226 g/mol. The Morgan fingerprint density at radius 1 is 1.00 bits per heavy atom. The first kappa shape index (κ1) is 12.3. The van der Waals surface area contributed by atoms with Gasteiger partial charge < -0.3 is 15.5 Å². The summed E-state index contributed by atoms with van der Waals surface area (Å²) in [5, 5.41) is 22.3. The van der Waals surface area contributed by atoms with Crippen LogP contribution in [0.3, 0.4) is 0 Å². The van der Waals surface area contributed by atoms with Crippen LogP contribution in [0.15, 0.2) is 42.5 Å². The van der Waals surface area contributed by atoms with Crippen LogP contribution in [-0.2, 0) is 0 Å². The van der Waals surface area contributed by atoms with Crippen molar-refractivity contribution in [2.24, 2.45) is 0 Å². The highest BCUT2D eigenvalue weighted by molar-refractivity contribution is 5.52. The third-order valence-electron chi connectivity index (χ3n) is 2.94. The van der Waals surface area contributed by atoms with Gasteiger partial charge >= 0.3 is 0 Å². The van der Waals surface area contributed by atoms with Crippen LogP contribution >= 0.6 is 0 Å². The maximum absolute atomic E-state index is 9.48. The number of hydrogen-bond acceptors (Lipinski definition) is 3. The minimum Gasteiger partial charge on any atom is -0.508 e. The van der Waals surface area contributed by atoms with E-state index in [1.54, 1.807) is 12.1 Å². The number of aryl methyl sites for hydroxylation is 1. The van der Waals surface area contributed by atoms with Gasteiger partial charge in [-0.1, -0.05) is 18.2 Å². The van der Waals surface area contributed by atoms with Gasteiger partial charge in [-0.25, -0.2) is 0 Å². The van der Waals surface area contributed by atoms with Gasteiger partial charge in [0, 0.05) is 17.8 Å². The summed E-state index contributed by atoms with van der Waals surface area (Å²) in [7, 11) is 0. The van der Waals surface area contributed by atoms with Crippen LogP contribution in [0, 0.1) is 6.92 Å². The van der Waals surface area contributed by atoms with Crippen molar-refractivity contribution in [3.05, 3.63) is 53.6 Å². The molecule has 3 heteroatoms. The Morgan fingerprint density at radius 3 is 2.22 bits per heavy atom. The normalized spacial score (nSPS) is 12.1. The van der Waals surface area contributed by atoms with Crippen molar-refractivity contribution in [1.82, 2.24) is 0 Å². The summed E-state index contributed by atoms with van der Waals surface area (Å²) < 4.78 is 0. The number of aromatic hydroxyl groups is 2. The molecule has 0 aliphatic rings. The van der Waals surface area contributed by atoms with Crippen molar-refractivity contribution in [2.75, 3.05) is 5.32 Å². The second-order valence-corrected chi connectivity index (χ2v) is 4.46. The Kier molecular flexibility index (Phi) is 3.42. The zero-order valence-electron chi connectivity index (χ0n) is 10.5. The van der Waals surface area contributed by atoms with E-state index >= 15 is 0 Å². The van der Waals surface area contributed by atoms with Gasteiger partial charge in [0.15, 0.2) is 0 Å². The molecule has 0 radical (unpaired) electrons. The van der Waals surface area contributed by atoms with Gasteiger partial charge in [-0.15, -0.1) is 0 Å². The number of para-hydroxylation sites is 1. The van der Waals surface area contributed by atoms with Crippen molar-refractivity contribution in [3.63, 3.8) is 0 Å². The number of benzene rings is 2. The summed E-state index contributed by atoms with van der Waals surface area (Å²) in [4.78, 5) is 0. The van der Waals surface area contributed by atoms with Gasteiger partial charge in [0.05, 0.1) is 0 Å². The molecule has 0 fully saturated rings.